The Bertz CT molecular complexity index is 1590. The monoisotopic (exact) mass is 548 g/mol. The average Bonchev–Trinajstić information content (AvgIpc) is 3.06. The second-order valence-corrected chi connectivity index (χ2v) is 10.6. The Morgan fingerprint density at radius 1 is 0.595 bits per heavy atom. The van der Waals surface area contributed by atoms with Crippen LogP contribution in [-0.4, -0.2) is 11.9 Å². The lowest BCUT2D eigenvalue weighted by Crippen LogP contribution is -1.98. The number of aryl methyl sites for hydroxylation is 1. The predicted octanol–water partition coefficient (Wildman–Crippen LogP) is 11.5. The first-order chi connectivity index (χ1) is 20.7. The van der Waals surface area contributed by atoms with Crippen LogP contribution < -0.4 is 0 Å². The minimum absolute atomic E-state index is 0.797. The molecule has 0 atom stereocenters. The Morgan fingerprint density at radius 3 is 1.64 bits per heavy atom. The molecule has 2 heteroatoms. The van der Waals surface area contributed by atoms with E-state index in [1.807, 2.05) is 6.21 Å². The predicted molar refractivity (Wildman–Crippen MR) is 183 cm³/mol. The summed E-state index contributed by atoms with van der Waals surface area (Å²) in [4.78, 5) is 10.1. The van der Waals surface area contributed by atoms with E-state index in [4.69, 9.17) is 9.98 Å². The molecule has 0 radical (unpaired) electrons. The second kappa shape index (κ2) is 14.4. The van der Waals surface area contributed by atoms with Gasteiger partial charge >= 0.3 is 0 Å². The Balaban J connectivity index is 1.53. The van der Waals surface area contributed by atoms with Crippen LogP contribution in [0.5, 0.6) is 0 Å². The molecule has 5 rings (SSSR count). The lowest BCUT2D eigenvalue weighted by atomic mass is 9.89. The lowest BCUT2D eigenvalue weighted by Gasteiger charge is -2.16. The fraction of sp³-hybridized carbons (Fsp3) is 0.200. The molecule has 0 amide bonds. The highest BCUT2D eigenvalue weighted by molar-refractivity contribution is 6.31. The fourth-order valence-electron chi connectivity index (χ4n) is 5.50. The van der Waals surface area contributed by atoms with Crippen molar-refractivity contribution in [3.63, 3.8) is 0 Å². The molecule has 0 aromatic heterocycles. The molecular weight excluding hydrogens is 508 g/mol. The van der Waals surface area contributed by atoms with E-state index < -0.39 is 0 Å². The van der Waals surface area contributed by atoms with Gasteiger partial charge in [-0.3, -0.25) is 9.98 Å². The van der Waals surface area contributed by atoms with E-state index in [0.717, 1.165) is 42.8 Å². The van der Waals surface area contributed by atoms with Gasteiger partial charge in [0.1, 0.15) is 0 Å². The van der Waals surface area contributed by atoms with E-state index in [1.54, 1.807) is 0 Å². The van der Waals surface area contributed by atoms with Gasteiger partial charge in [-0.2, -0.15) is 0 Å². The number of hydrogen-bond acceptors (Lipinski definition) is 2. The van der Waals surface area contributed by atoms with Crippen LogP contribution >= 0.6 is 0 Å². The van der Waals surface area contributed by atoms with Crippen molar-refractivity contribution in [3.8, 4) is 33.4 Å². The SMILES string of the molecule is CCCCc1cc(N=CC(CC)=Nc2cc(-c3ccccc3)c(CC)c(-c3ccccc3)c2)ccc1-c1ccccc1. The third-order valence-electron chi connectivity index (χ3n) is 7.73. The highest BCUT2D eigenvalue weighted by atomic mass is 14.8. The maximum atomic E-state index is 5.14. The van der Waals surface area contributed by atoms with Crippen LogP contribution in [0.2, 0.25) is 0 Å². The van der Waals surface area contributed by atoms with Crippen LogP contribution in [0.15, 0.2) is 131 Å². The Hall–Kier alpha value is -4.56. The first-order valence-electron chi connectivity index (χ1n) is 15.3. The normalized spacial score (nSPS) is 11.7. The molecule has 0 aliphatic carbocycles. The van der Waals surface area contributed by atoms with Gasteiger partial charge in [0.15, 0.2) is 0 Å². The van der Waals surface area contributed by atoms with Gasteiger partial charge in [0.05, 0.1) is 17.1 Å². The molecule has 0 fully saturated rings. The highest BCUT2D eigenvalue weighted by Crippen LogP contribution is 2.37. The van der Waals surface area contributed by atoms with Gasteiger partial charge in [0, 0.05) is 6.21 Å². The summed E-state index contributed by atoms with van der Waals surface area (Å²) in [6.45, 7) is 6.62. The molecule has 42 heavy (non-hydrogen) atoms. The minimum Gasteiger partial charge on any atom is -0.255 e. The molecule has 0 aliphatic heterocycles. The van der Waals surface area contributed by atoms with Gasteiger partial charge in [-0.05, 0) is 94.5 Å². The Morgan fingerprint density at radius 2 is 1.14 bits per heavy atom. The second-order valence-electron chi connectivity index (χ2n) is 10.6. The molecule has 0 N–H and O–H groups in total. The molecule has 0 unspecified atom stereocenters. The first-order valence-corrected chi connectivity index (χ1v) is 15.3. The van der Waals surface area contributed by atoms with Crippen molar-refractivity contribution in [2.45, 2.75) is 52.9 Å². The summed E-state index contributed by atoms with van der Waals surface area (Å²) in [5, 5.41) is 0. The molecular formula is C40H40N2. The largest absolute Gasteiger partial charge is 0.255 e. The number of nitrogens with zero attached hydrogens (tertiary/aromatic N) is 2. The maximum Gasteiger partial charge on any atom is 0.0646 e. The average molecular weight is 549 g/mol. The number of benzene rings is 5. The standard InChI is InChI=1S/C40H40N2/c1-4-7-17-33-26-35(24-25-38(33)30-18-11-8-12-19-30)41-29-34(5-2)42-36-27-39(31-20-13-9-14-21-31)37(6-3)40(28-36)32-22-15-10-16-23-32/h8-16,18-29H,4-7,17H2,1-3H3. The zero-order valence-corrected chi connectivity index (χ0v) is 25.1. The molecule has 2 nitrogen and oxygen atoms in total. The maximum absolute atomic E-state index is 5.14. The van der Waals surface area contributed by atoms with Crippen LogP contribution in [-0.2, 0) is 12.8 Å². The molecule has 0 aliphatic rings. The van der Waals surface area contributed by atoms with Crippen molar-refractivity contribution >= 4 is 23.3 Å². The van der Waals surface area contributed by atoms with Crippen molar-refractivity contribution in [2.24, 2.45) is 9.98 Å². The number of hydrogen-bond donors (Lipinski definition) is 0. The van der Waals surface area contributed by atoms with Gasteiger partial charge in [-0.15, -0.1) is 0 Å². The summed E-state index contributed by atoms with van der Waals surface area (Å²) in [6, 6.07) is 43.0. The molecule has 5 aromatic rings. The molecule has 0 saturated carbocycles. The van der Waals surface area contributed by atoms with E-state index in [-0.39, 0.29) is 0 Å². The van der Waals surface area contributed by atoms with E-state index in [1.165, 1.54) is 50.9 Å². The smallest absolute Gasteiger partial charge is 0.0646 e. The van der Waals surface area contributed by atoms with Crippen molar-refractivity contribution in [3.05, 3.63) is 132 Å². The van der Waals surface area contributed by atoms with E-state index in [2.05, 4.69) is 142 Å². The fourth-order valence-corrected chi connectivity index (χ4v) is 5.50. The van der Waals surface area contributed by atoms with Crippen LogP contribution in [0.4, 0.5) is 11.4 Å². The summed E-state index contributed by atoms with van der Waals surface area (Å²) in [5.41, 5.74) is 13.0. The number of rotatable bonds is 11. The van der Waals surface area contributed by atoms with Gasteiger partial charge in [-0.1, -0.05) is 124 Å². The van der Waals surface area contributed by atoms with Crippen LogP contribution in [0.25, 0.3) is 33.4 Å². The van der Waals surface area contributed by atoms with Crippen LogP contribution in [0.3, 0.4) is 0 Å². The molecule has 0 heterocycles. The number of aliphatic imine (C=N–C) groups is 2. The number of unbranched alkanes of at least 4 members (excludes halogenated alkanes) is 1. The summed E-state index contributed by atoms with van der Waals surface area (Å²) >= 11 is 0. The lowest BCUT2D eigenvalue weighted by molar-refractivity contribution is 0.796. The highest BCUT2D eigenvalue weighted by Gasteiger charge is 2.13. The molecule has 5 aromatic carbocycles. The minimum atomic E-state index is 0.797. The first kappa shape index (κ1) is 29.0. The Labute approximate surface area is 251 Å². The molecule has 0 saturated heterocycles. The van der Waals surface area contributed by atoms with Crippen molar-refractivity contribution in [2.75, 3.05) is 0 Å². The zero-order chi connectivity index (χ0) is 29.1. The summed E-state index contributed by atoms with van der Waals surface area (Å²) in [6.07, 6.45) is 7.06. The van der Waals surface area contributed by atoms with Crippen molar-refractivity contribution in [1.29, 1.82) is 0 Å². The van der Waals surface area contributed by atoms with Crippen LogP contribution in [0.1, 0.15) is 51.2 Å². The topological polar surface area (TPSA) is 24.7 Å². The van der Waals surface area contributed by atoms with Gasteiger partial charge in [0.2, 0.25) is 0 Å². The summed E-state index contributed by atoms with van der Waals surface area (Å²) in [5.74, 6) is 0. The third-order valence-corrected chi connectivity index (χ3v) is 7.73. The summed E-state index contributed by atoms with van der Waals surface area (Å²) < 4.78 is 0. The van der Waals surface area contributed by atoms with Crippen molar-refractivity contribution < 1.29 is 0 Å². The van der Waals surface area contributed by atoms with Gasteiger partial charge in [-0.25, -0.2) is 0 Å². The van der Waals surface area contributed by atoms with Crippen LogP contribution in [0, 0.1) is 0 Å². The van der Waals surface area contributed by atoms with E-state index in [9.17, 15) is 0 Å². The van der Waals surface area contributed by atoms with E-state index >= 15 is 0 Å². The van der Waals surface area contributed by atoms with Gasteiger partial charge < -0.3 is 0 Å². The third kappa shape index (κ3) is 7.01. The van der Waals surface area contributed by atoms with E-state index in [0.29, 0.717) is 0 Å². The van der Waals surface area contributed by atoms with Gasteiger partial charge in [0.25, 0.3) is 0 Å². The molecule has 210 valence electrons. The summed E-state index contributed by atoms with van der Waals surface area (Å²) in [7, 11) is 0. The Kier molecular flexibility index (Phi) is 9.90. The zero-order valence-electron chi connectivity index (χ0n) is 25.1. The van der Waals surface area contributed by atoms with Crippen molar-refractivity contribution in [1.82, 2.24) is 0 Å². The molecule has 0 bridgehead atoms. The molecule has 0 spiro atoms. The quantitative estimate of drug-likeness (QED) is 0.147.